The minimum atomic E-state index is -4.48. The van der Waals surface area contributed by atoms with Crippen molar-refractivity contribution in [3.05, 3.63) is 29.7 Å². The highest BCUT2D eigenvalue weighted by Crippen LogP contribution is 2.41. The number of nitrogens with zero attached hydrogens (tertiary/aromatic N) is 2. The third-order valence-electron chi connectivity index (χ3n) is 3.48. The van der Waals surface area contributed by atoms with Crippen LogP contribution in [0.1, 0.15) is 32.2 Å². The molecule has 4 nitrogen and oxygen atoms in total. The maximum absolute atomic E-state index is 13.2. The van der Waals surface area contributed by atoms with E-state index in [1.807, 2.05) is 0 Å². The summed E-state index contributed by atoms with van der Waals surface area (Å²) in [6, 6.07) is 2.76. The monoisotopic (exact) mass is 361 g/mol. The largest absolute Gasteiger partial charge is 0.399 e. The number of thiazole rings is 1. The maximum atomic E-state index is 13.2. The summed E-state index contributed by atoms with van der Waals surface area (Å²) < 4.78 is 52.7. The Hall–Kier alpha value is -2.03. The number of hydrogen-bond donors (Lipinski definition) is 1. The summed E-state index contributed by atoms with van der Waals surface area (Å²) in [6.07, 6.45) is -3.23. The molecule has 0 bridgehead atoms. The molecule has 0 saturated carbocycles. The van der Waals surface area contributed by atoms with Crippen LogP contribution in [0.3, 0.4) is 0 Å². The lowest BCUT2D eigenvalue weighted by Gasteiger charge is -2.27. The van der Waals surface area contributed by atoms with Gasteiger partial charge < -0.3 is 5.32 Å². The molecule has 0 aliphatic heterocycles. The van der Waals surface area contributed by atoms with E-state index in [1.54, 1.807) is 0 Å². The van der Waals surface area contributed by atoms with Crippen molar-refractivity contribution in [2.24, 2.45) is 0 Å². The molecule has 9 heteroatoms. The van der Waals surface area contributed by atoms with E-state index in [4.69, 9.17) is 0 Å². The van der Waals surface area contributed by atoms with Crippen LogP contribution in [-0.4, -0.2) is 22.1 Å². The van der Waals surface area contributed by atoms with Crippen molar-refractivity contribution >= 4 is 22.4 Å². The van der Waals surface area contributed by atoms with Crippen LogP contribution in [0.4, 0.5) is 22.7 Å². The summed E-state index contributed by atoms with van der Waals surface area (Å²) in [5, 5.41) is 2.64. The molecule has 0 fully saturated rings. The van der Waals surface area contributed by atoms with Crippen LogP contribution in [0.15, 0.2) is 18.3 Å². The molecule has 1 N–H and O–H groups in total. The van der Waals surface area contributed by atoms with Crippen LogP contribution >= 0.6 is 11.3 Å². The first-order chi connectivity index (χ1) is 11.1. The second-order valence-electron chi connectivity index (χ2n) is 5.66. The number of aromatic nitrogens is 2. The predicted octanol–water partition coefficient (Wildman–Crippen LogP) is 4.47. The summed E-state index contributed by atoms with van der Waals surface area (Å²) in [7, 11) is 0. The van der Waals surface area contributed by atoms with Crippen LogP contribution in [0.25, 0.3) is 10.4 Å². The fraction of sp³-hybridized carbons (Fsp3) is 0.400. The van der Waals surface area contributed by atoms with Gasteiger partial charge in [0, 0.05) is 13.1 Å². The molecule has 1 amide bonds. The number of carbonyl (C=O) groups excluding carboxylic acids is 1. The highest BCUT2D eigenvalue weighted by Gasteiger charge is 2.49. The van der Waals surface area contributed by atoms with Crippen molar-refractivity contribution < 1.29 is 22.4 Å². The van der Waals surface area contributed by atoms with Gasteiger partial charge >= 0.3 is 6.18 Å². The molecule has 0 radical (unpaired) electrons. The second-order valence-corrected chi connectivity index (χ2v) is 6.66. The van der Waals surface area contributed by atoms with Crippen molar-refractivity contribution in [1.82, 2.24) is 9.97 Å². The molecular weight excluding hydrogens is 346 g/mol. The summed E-state index contributed by atoms with van der Waals surface area (Å²) in [5.41, 5.74) is -1.89. The van der Waals surface area contributed by atoms with Gasteiger partial charge in [-0.15, -0.1) is 0 Å². The molecule has 0 aromatic carbocycles. The van der Waals surface area contributed by atoms with Gasteiger partial charge in [0.2, 0.25) is 5.91 Å². The fourth-order valence-corrected chi connectivity index (χ4v) is 2.94. The number of halogens is 4. The Morgan fingerprint density at radius 1 is 1.33 bits per heavy atom. The van der Waals surface area contributed by atoms with E-state index in [0.29, 0.717) is 10.4 Å². The molecular formula is C15H15F4N3OS. The van der Waals surface area contributed by atoms with Gasteiger partial charge in [-0.2, -0.15) is 13.2 Å². The first-order valence-corrected chi connectivity index (χ1v) is 7.75. The maximum Gasteiger partial charge on any atom is 0.399 e. The van der Waals surface area contributed by atoms with E-state index in [9.17, 15) is 22.4 Å². The molecule has 130 valence electrons. The topological polar surface area (TPSA) is 54.9 Å². The second kappa shape index (κ2) is 6.46. The zero-order chi connectivity index (χ0) is 18.1. The third-order valence-corrected chi connectivity index (χ3v) is 4.54. The minimum absolute atomic E-state index is 0.0608. The Bertz CT molecular complexity index is 755. The van der Waals surface area contributed by atoms with Gasteiger partial charge in [0.15, 0.2) is 5.13 Å². The molecule has 2 aromatic heterocycles. The molecule has 0 aliphatic carbocycles. The van der Waals surface area contributed by atoms with Gasteiger partial charge in [-0.3, -0.25) is 9.78 Å². The number of alkyl halides is 4. The lowest BCUT2D eigenvalue weighted by Crippen LogP contribution is -2.37. The van der Waals surface area contributed by atoms with Gasteiger partial charge in [-0.1, -0.05) is 11.3 Å². The molecule has 2 rings (SSSR count). The highest BCUT2D eigenvalue weighted by molar-refractivity contribution is 7.19. The fourth-order valence-electron chi connectivity index (χ4n) is 1.93. The summed E-state index contributed by atoms with van der Waals surface area (Å²) >= 11 is 1.00. The number of carbonyl (C=O) groups is 1. The van der Waals surface area contributed by atoms with Crippen LogP contribution in [-0.2, 0) is 16.9 Å². The van der Waals surface area contributed by atoms with Gasteiger partial charge in [0.1, 0.15) is 12.1 Å². The molecule has 0 spiro atoms. The Morgan fingerprint density at radius 3 is 2.54 bits per heavy atom. The standard InChI is InChI=1S/C15H15F4N3OS/c1-8(23)21-13-22-10(7-16)12(24-13)9-4-5-20-11(6-9)14(2,3)15(17,18)19/h4-6H,7H2,1-3H3,(H,21,22,23). The number of amides is 1. The van der Waals surface area contributed by atoms with Crippen LogP contribution in [0.5, 0.6) is 0 Å². The zero-order valence-electron chi connectivity index (χ0n) is 13.2. The Morgan fingerprint density at radius 2 is 2.00 bits per heavy atom. The molecule has 2 aromatic rings. The number of nitrogens with one attached hydrogen (secondary N) is 1. The summed E-state index contributed by atoms with van der Waals surface area (Å²) in [4.78, 5) is 19.2. The van der Waals surface area contributed by atoms with Crippen LogP contribution in [0, 0.1) is 0 Å². The van der Waals surface area contributed by atoms with Crippen LogP contribution in [0.2, 0.25) is 0 Å². The number of hydrogen-bond acceptors (Lipinski definition) is 4. The van der Waals surface area contributed by atoms with E-state index in [0.717, 1.165) is 25.2 Å². The van der Waals surface area contributed by atoms with Gasteiger partial charge in [0.05, 0.1) is 16.3 Å². The number of anilines is 1. The molecule has 2 heterocycles. The van der Waals surface area contributed by atoms with Crippen molar-refractivity contribution in [2.75, 3.05) is 5.32 Å². The quantitative estimate of drug-likeness (QED) is 0.818. The van der Waals surface area contributed by atoms with Crippen molar-refractivity contribution in [2.45, 2.75) is 39.0 Å². The molecule has 0 saturated heterocycles. The third kappa shape index (κ3) is 3.55. The van der Waals surface area contributed by atoms with Gasteiger partial charge in [-0.05, 0) is 31.5 Å². The van der Waals surface area contributed by atoms with E-state index >= 15 is 0 Å². The smallest absolute Gasteiger partial charge is 0.302 e. The molecule has 0 atom stereocenters. The van der Waals surface area contributed by atoms with Crippen molar-refractivity contribution in [3.63, 3.8) is 0 Å². The van der Waals surface area contributed by atoms with E-state index < -0.39 is 18.3 Å². The van der Waals surface area contributed by atoms with Crippen LogP contribution < -0.4 is 5.32 Å². The minimum Gasteiger partial charge on any atom is -0.302 e. The lowest BCUT2D eigenvalue weighted by molar-refractivity contribution is -0.181. The van der Waals surface area contributed by atoms with Crippen molar-refractivity contribution in [1.29, 1.82) is 0 Å². The Balaban J connectivity index is 2.49. The van der Waals surface area contributed by atoms with Crippen molar-refractivity contribution in [3.8, 4) is 10.4 Å². The predicted molar refractivity (Wildman–Crippen MR) is 83.5 cm³/mol. The van der Waals surface area contributed by atoms with Gasteiger partial charge in [-0.25, -0.2) is 9.37 Å². The average molecular weight is 361 g/mol. The molecule has 0 unspecified atom stereocenters. The first kappa shape index (κ1) is 18.3. The highest BCUT2D eigenvalue weighted by atomic mass is 32.1. The first-order valence-electron chi connectivity index (χ1n) is 6.93. The van der Waals surface area contributed by atoms with E-state index in [2.05, 4.69) is 15.3 Å². The molecule has 0 aliphatic rings. The van der Waals surface area contributed by atoms with Gasteiger partial charge in [0.25, 0.3) is 0 Å². The van der Waals surface area contributed by atoms with E-state index in [-0.39, 0.29) is 22.4 Å². The number of rotatable bonds is 4. The number of pyridine rings is 1. The average Bonchev–Trinajstić information content (AvgIpc) is 2.88. The zero-order valence-corrected chi connectivity index (χ0v) is 14.0. The molecule has 24 heavy (non-hydrogen) atoms. The summed E-state index contributed by atoms with van der Waals surface area (Å²) in [5.74, 6) is -0.366. The normalized spacial score (nSPS) is 12.3. The SMILES string of the molecule is CC(=O)Nc1nc(CF)c(-c2ccnc(C(C)(C)C(F)(F)F)c2)s1. The Labute approximate surface area is 139 Å². The Kier molecular flexibility index (Phi) is 4.93. The lowest BCUT2D eigenvalue weighted by atomic mass is 9.87. The summed E-state index contributed by atoms with van der Waals surface area (Å²) in [6.45, 7) is 2.45. The van der Waals surface area contributed by atoms with E-state index in [1.165, 1.54) is 25.3 Å².